The van der Waals surface area contributed by atoms with Crippen LogP contribution in [0.2, 0.25) is 0 Å². The third-order valence-corrected chi connectivity index (χ3v) is 2.54. The van der Waals surface area contributed by atoms with Crippen molar-refractivity contribution in [1.29, 1.82) is 0 Å². The maximum atomic E-state index is 11.9. The Hall–Kier alpha value is -1.76. The van der Waals surface area contributed by atoms with Crippen LogP contribution in [-0.2, 0) is 9.57 Å². The SMILES string of the molecule is CC(C)(C)OC(=O)N1OCCC1CNc1ccon1. The molecule has 2 rings (SSSR count). The summed E-state index contributed by atoms with van der Waals surface area (Å²) in [6.07, 6.45) is 1.78. The van der Waals surface area contributed by atoms with Crippen molar-refractivity contribution in [2.45, 2.75) is 38.8 Å². The van der Waals surface area contributed by atoms with Crippen LogP contribution in [0, 0.1) is 0 Å². The minimum atomic E-state index is -0.535. The van der Waals surface area contributed by atoms with Crippen LogP contribution in [0.5, 0.6) is 0 Å². The molecule has 0 aliphatic carbocycles. The zero-order chi connectivity index (χ0) is 13.9. The molecule has 1 atom stereocenters. The van der Waals surface area contributed by atoms with Crippen LogP contribution in [-0.4, -0.2) is 41.1 Å². The predicted molar refractivity (Wildman–Crippen MR) is 67.4 cm³/mol. The molecular formula is C12H19N3O4. The molecule has 2 heterocycles. The Morgan fingerprint density at radius 3 is 3.05 bits per heavy atom. The molecule has 0 aromatic carbocycles. The maximum Gasteiger partial charge on any atom is 0.434 e. The summed E-state index contributed by atoms with van der Waals surface area (Å²) in [5.74, 6) is 0.635. The van der Waals surface area contributed by atoms with Gasteiger partial charge in [-0.05, 0) is 27.2 Å². The highest BCUT2D eigenvalue weighted by molar-refractivity contribution is 5.67. The largest absolute Gasteiger partial charge is 0.442 e. The lowest BCUT2D eigenvalue weighted by molar-refractivity contribution is -0.122. The number of hydrogen-bond donors (Lipinski definition) is 1. The number of nitrogens with zero attached hydrogens (tertiary/aromatic N) is 2. The van der Waals surface area contributed by atoms with Crippen LogP contribution in [0.3, 0.4) is 0 Å². The van der Waals surface area contributed by atoms with E-state index < -0.39 is 11.7 Å². The zero-order valence-electron chi connectivity index (χ0n) is 11.4. The molecule has 1 N–H and O–H groups in total. The number of anilines is 1. The van der Waals surface area contributed by atoms with E-state index in [1.165, 1.54) is 11.3 Å². The summed E-state index contributed by atoms with van der Waals surface area (Å²) < 4.78 is 10.0. The standard InChI is InChI=1S/C12H19N3O4/c1-12(2,3)19-11(16)15-9(4-7-18-15)8-13-10-5-6-17-14-10/h5-6,9H,4,7-8H2,1-3H3,(H,13,14). The summed E-state index contributed by atoms with van der Waals surface area (Å²) in [5, 5.41) is 8.11. The fraction of sp³-hybridized carbons (Fsp3) is 0.667. The number of nitrogens with one attached hydrogen (secondary N) is 1. The first-order chi connectivity index (χ1) is 8.96. The van der Waals surface area contributed by atoms with E-state index in [0.29, 0.717) is 19.0 Å². The van der Waals surface area contributed by atoms with Gasteiger partial charge >= 0.3 is 6.09 Å². The van der Waals surface area contributed by atoms with E-state index >= 15 is 0 Å². The highest BCUT2D eigenvalue weighted by atomic mass is 16.7. The Morgan fingerprint density at radius 2 is 2.42 bits per heavy atom. The molecule has 0 saturated carbocycles. The Labute approximate surface area is 111 Å². The van der Waals surface area contributed by atoms with Crippen molar-refractivity contribution in [2.24, 2.45) is 0 Å². The summed E-state index contributed by atoms with van der Waals surface area (Å²) >= 11 is 0. The van der Waals surface area contributed by atoms with Crippen molar-refractivity contribution in [3.05, 3.63) is 12.3 Å². The quantitative estimate of drug-likeness (QED) is 0.904. The van der Waals surface area contributed by atoms with Gasteiger partial charge in [-0.15, -0.1) is 0 Å². The molecule has 1 amide bonds. The molecule has 1 aromatic heterocycles. The first-order valence-electron chi connectivity index (χ1n) is 6.25. The molecule has 0 spiro atoms. The Bertz CT molecular complexity index is 413. The second-order valence-corrected chi connectivity index (χ2v) is 5.35. The van der Waals surface area contributed by atoms with Crippen molar-refractivity contribution in [3.63, 3.8) is 0 Å². The molecule has 1 aliphatic heterocycles. The number of hydroxylamine groups is 2. The summed E-state index contributed by atoms with van der Waals surface area (Å²) in [4.78, 5) is 17.3. The lowest BCUT2D eigenvalue weighted by Crippen LogP contribution is -2.41. The summed E-state index contributed by atoms with van der Waals surface area (Å²) in [7, 11) is 0. The highest BCUT2D eigenvalue weighted by Crippen LogP contribution is 2.19. The second kappa shape index (κ2) is 5.48. The van der Waals surface area contributed by atoms with Crippen LogP contribution in [0.1, 0.15) is 27.2 Å². The van der Waals surface area contributed by atoms with Gasteiger partial charge in [-0.2, -0.15) is 5.06 Å². The molecular weight excluding hydrogens is 250 g/mol. The van der Waals surface area contributed by atoms with Crippen molar-refractivity contribution >= 4 is 11.9 Å². The van der Waals surface area contributed by atoms with E-state index in [-0.39, 0.29) is 6.04 Å². The molecule has 0 bridgehead atoms. The van der Waals surface area contributed by atoms with E-state index in [1.807, 2.05) is 20.8 Å². The van der Waals surface area contributed by atoms with Gasteiger partial charge in [0.15, 0.2) is 5.82 Å². The summed E-state index contributed by atoms with van der Waals surface area (Å²) in [6.45, 7) is 6.51. The van der Waals surface area contributed by atoms with E-state index in [2.05, 4.69) is 10.5 Å². The Balaban J connectivity index is 1.87. The molecule has 1 unspecified atom stereocenters. The number of ether oxygens (including phenoxy) is 1. The number of aromatic nitrogens is 1. The minimum absolute atomic E-state index is 0.0773. The van der Waals surface area contributed by atoms with Crippen LogP contribution in [0.15, 0.2) is 16.9 Å². The van der Waals surface area contributed by atoms with Crippen LogP contribution in [0.25, 0.3) is 0 Å². The monoisotopic (exact) mass is 269 g/mol. The molecule has 1 aromatic rings. The van der Waals surface area contributed by atoms with Crippen molar-refractivity contribution in [2.75, 3.05) is 18.5 Å². The van der Waals surface area contributed by atoms with Crippen LogP contribution < -0.4 is 5.32 Å². The lowest BCUT2D eigenvalue weighted by Gasteiger charge is -2.26. The van der Waals surface area contributed by atoms with E-state index in [4.69, 9.17) is 14.1 Å². The zero-order valence-corrected chi connectivity index (χ0v) is 11.4. The average Bonchev–Trinajstić information content (AvgIpc) is 2.95. The molecule has 1 fully saturated rings. The van der Waals surface area contributed by atoms with E-state index in [9.17, 15) is 4.79 Å². The first-order valence-corrected chi connectivity index (χ1v) is 6.25. The third-order valence-electron chi connectivity index (χ3n) is 2.54. The summed E-state index contributed by atoms with van der Waals surface area (Å²) in [6, 6.07) is 1.64. The van der Waals surface area contributed by atoms with Crippen molar-refractivity contribution in [1.82, 2.24) is 10.2 Å². The van der Waals surface area contributed by atoms with Gasteiger partial charge in [0.1, 0.15) is 11.9 Å². The van der Waals surface area contributed by atoms with Gasteiger partial charge in [0, 0.05) is 12.6 Å². The number of hydrogen-bond acceptors (Lipinski definition) is 6. The third kappa shape index (κ3) is 3.85. The molecule has 7 heteroatoms. The minimum Gasteiger partial charge on any atom is -0.442 e. The van der Waals surface area contributed by atoms with Gasteiger partial charge in [-0.1, -0.05) is 5.16 Å². The number of carbonyl (C=O) groups excluding carboxylic acids is 1. The topological polar surface area (TPSA) is 76.8 Å². The number of rotatable bonds is 3. The maximum absolute atomic E-state index is 11.9. The fourth-order valence-corrected chi connectivity index (χ4v) is 1.73. The smallest absolute Gasteiger partial charge is 0.434 e. The van der Waals surface area contributed by atoms with Gasteiger partial charge in [0.2, 0.25) is 0 Å². The van der Waals surface area contributed by atoms with E-state index in [1.54, 1.807) is 6.07 Å². The predicted octanol–water partition coefficient (Wildman–Crippen LogP) is 2.03. The first kappa shape index (κ1) is 13.7. The number of amides is 1. The fourth-order valence-electron chi connectivity index (χ4n) is 1.73. The number of carbonyl (C=O) groups is 1. The van der Waals surface area contributed by atoms with Gasteiger partial charge in [-0.3, -0.25) is 4.84 Å². The molecule has 7 nitrogen and oxygen atoms in total. The Morgan fingerprint density at radius 1 is 1.63 bits per heavy atom. The molecule has 1 aliphatic rings. The Kier molecular flexibility index (Phi) is 3.94. The van der Waals surface area contributed by atoms with Crippen molar-refractivity contribution in [3.8, 4) is 0 Å². The van der Waals surface area contributed by atoms with Gasteiger partial charge in [0.25, 0.3) is 0 Å². The lowest BCUT2D eigenvalue weighted by atomic mass is 10.2. The molecule has 1 saturated heterocycles. The summed E-state index contributed by atoms with van der Waals surface area (Å²) in [5.41, 5.74) is -0.535. The highest BCUT2D eigenvalue weighted by Gasteiger charge is 2.33. The normalized spacial score (nSPS) is 19.5. The van der Waals surface area contributed by atoms with Crippen LogP contribution in [0.4, 0.5) is 10.6 Å². The second-order valence-electron chi connectivity index (χ2n) is 5.35. The average molecular weight is 269 g/mol. The van der Waals surface area contributed by atoms with Gasteiger partial charge in [0.05, 0.1) is 12.6 Å². The van der Waals surface area contributed by atoms with Gasteiger partial charge in [-0.25, -0.2) is 4.79 Å². The molecule has 0 radical (unpaired) electrons. The molecule has 19 heavy (non-hydrogen) atoms. The molecule has 106 valence electrons. The van der Waals surface area contributed by atoms with E-state index in [0.717, 1.165) is 6.42 Å². The van der Waals surface area contributed by atoms with Gasteiger partial charge < -0.3 is 14.6 Å². The van der Waals surface area contributed by atoms with Crippen molar-refractivity contribution < 1.29 is 18.9 Å². The van der Waals surface area contributed by atoms with Crippen LogP contribution >= 0.6 is 0 Å².